The van der Waals surface area contributed by atoms with E-state index < -0.39 is 0 Å². The second kappa shape index (κ2) is 6.90. The minimum atomic E-state index is -0.360. The average Bonchev–Trinajstić information content (AvgIpc) is 2.78. The highest BCUT2D eigenvalue weighted by atomic mass is 35.5. The number of hydrogen-bond acceptors (Lipinski definition) is 3. The van der Waals surface area contributed by atoms with Crippen molar-refractivity contribution in [3.05, 3.63) is 76.5 Å². The number of para-hydroxylation sites is 2. The van der Waals surface area contributed by atoms with Crippen molar-refractivity contribution in [2.45, 2.75) is 32.7 Å². The van der Waals surface area contributed by atoms with E-state index in [1.165, 1.54) is 0 Å². The van der Waals surface area contributed by atoms with Gasteiger partial charge in [-0.15, -0.1) is 0 Å². The third-order valence-corrected chi connectivity index (χ3v) is 5.43. The Morgan fingerprint density at radius 3 is 2.44 bits per heavy atom. The molecule has 2 aromatic rings. The Balaban J connectivity index is 1.83. The number of Topliss-reactive ketones (excluding diaryl/α,β-unsaturated/α-hetero) is 1. The predicted octanol–water partition coefficient (Wildman–Crippen LogP) is 5.82. The Morgan fingerprint density at radius 2 is 1.70 bits per heavy atom. The van der Waals surface area contributed by atoms with Gasteiger partial charge in [-0.3, -0.25) is 4.79 Å². The fraction of sp³-hybridized carbons (Fsp3) is 0.261. The smallest absolute Gasteiger partial charge is 0.163 e. The molecule has 1 atom stereocenters. The van der Waals surface area contributed by atoms with Gasteiger partial charge in [-0.25, -0.2) is 0 Å². The van der Waals surface area contributed by atoms with E-state index in [1.54, 1.807) is 0 Å². The predicted molar refractivity (Wildman–Crippen MR) is 113 cm³/mol. The Hall–Kier alpha value is -2.52. The first-order chi connectivity index (χ1) is 12.9. The van der Waals surface area contributed by atoms with Crippen molar-refractivity contribution < 1.29 is 4.79 Å². The number of nitrogens with one attached hydrogen (secondary N) is 2. The van der Waals surface area contributed by atoms with E-state index >= 15 is 0 Å². The summed E-state index contributed by atoms with van der Waals surface area (Å²) in [6.45, 7) is 4.27. The van der Waals surface area contributed by atoms with E-state index in [-0.39, 0.29) is 17.2 Å². The van der Waals surface area contributed by atoms with Gasteiger partial charge in [-0.05, 0) is 35.6 Å². The maximum absolute atomic E-state index is 13.1. The molecule has 4 rings (SSSR count). The molecule has 2 aliphatic rings. The number of hydrogen-bond donors (Lipinski definition) is 2. The molecular formula is C23H23ClN2O. The molecule has 0 radical (unpaired) electrons. The molecule has 0 amide bonds. The first-order valence-electron chi connectivity index (χ1n) is 9.24. The first-order valence-corrected chi connectivity index (χ1v) is 9.62. The zero-order chi connectivity index (χ0) is 19.0. The minimum Gasteiger partial charge on any atom is -0.371 e. The number of anilines is 2. The molecule has 2 N–H and O–H groups in total. The van der Waals surface area contributed by atoms with Gasteiger partial charge in [0.2, 0.25) is 0 Å². The molecule has 1 aliphatic heterocycles. The largest absolute Gasteiger partial charge is 0.371 e. The first kappa shape index (κ1) is 17.9. The van der Waals surface area contributed by atoms with Crippen molar-refractivity contribution in [2.75, 3.05) is 10.6 Å². The molecule has 0 spiro atoms. The lowest BCUT2D eigenvalue weighted by atomic mass is 9.74. The second-order valence-corrected chi connectivity index (χ2v) is 8.46. The number of benzene rings is 2. The number of rotatable bonds is 2. The molecule has 2 aromatic carbocycles. The molecular weight excluding hydrogens is 356 g/mol. The highest BCUT2D eigenvalue weighted by Crippen LogP contribution is 2.43. The van der Waals surface area contributed by atoms with E-state index in [9.17, 15) is 4.79 Å². The summed E-state index contributed by atoms with van der Waals surface area (Å²) in [5.41, 5.74) is 4.59. The maximum Gasteiger partial charge on any atom is 0.163 e. The van der Waals surface area contributed by atoms with Crippen LogP contribution in [0.5, 0.6) is 0 Å². The topological polar surface area (TPSA) is 41.1 Å². The van der Waals surface area contributed by atoms with Crippen LogP contribution in [0.2, 0.25) is 0 Å². The van der Waals surface area contributed by atoms with Gasteiger partial charge in [0.15, 0.2) is 5.78 Å². The highest BCUT2D eigenvalue weighted by Gasteiger charge is 2.39. The minimum absolute atomic E-state index is 0.0671. The average molecular weight is 379 g/mol. The molecule has 0 saturated carbocycles. The molecule has 138 valence electrons. The van der Waals surface area contributed by atoms with Crippen LogP contribution < -0.4 is 10.6 Å². The third-order valence-electron chi connectivity index (χ3n) is 5.10. The Morgan fingerprint density at radius 1 is 1.04 bits per heavy atom. The highest BCUT2D eigenvalue weighted by molar-refractivity contribution is 6.33. The lowest BCUT2D eigenvalue weighted by molar-refractivity contribution is -0.118. The van der Waals surface area contributed by atoms with Crippen LogP contribution in [-0.4, -0.2) is 11.8 Å². The molecule has 1 unspecified atom stereocenters. The number of carbonyl (C=O) groups is 1. The summed E-state index contributed by atoms with van der Waals surface area (Å²) >= 11 is 6.77. The van der Waals surface area contributed by atoms with Crippen molar-refractivity contribution in [1.82, 2.24) is 0 Å². The normalized spacial score (nSPS) is 21.5. The maximum atomic E-state index is 13.1. The van der Waals surface area contributed by atoms with Crippen molar-refractivity contribution in [3.63, 3.8) is 0 Å². The molecule has 27 heavy (non-hydrogen) atoms. The van der Waals surface area contributed by atoms with Gasteiger partial charge in [0.05, 0.1) is 17.4 Å². The SMILES string of the molecule is CC1(C)CC(=O)C2=C(C1)Nc1ccccc1NC2C(Cl)=Cc1ccccc1. The van der Waals surface area contributed by atoms with Gasteiger partial charge in [0.1, 0.15) is 0 Å². The van der Waals surface area contributed by atoms with Crippen LogP contribution >= 0.6 is 11.6 Å². The van der Waals surface area contributed by atoms with E-state index in [4.69, 9.17) is 11.6 Å². The number of allylic oxidation sites excluding steroid dienone is 1. The Kier molecular flexibility index (Phi) is 4.56. The molecule has 3 nitrogen and oxygen atoms in total. The third kappa shape index (κ3) is 3.65. The lowest BCUT2D eigenvalue weighted by Crippen LogP contribution is -2.35. The number of fused-ring (bicyclic) bond motifs is 1. The van der Waals surface area contributed by atoms with Gasteiger partial charge < -0.3 is 10.6 Å². The van der Waals surface area contributed by atoms with Crippen LogP contribution in [-0.2, 0) is 4.79 Å². The number of halogens is 1. The monoisotopic (exact) mass is 378 g/mol. The molecule has 0 fully saturated rings. The second-order valence-electron chi connectivity index (χ2n) is 8.02. The molecule has 1 heterocycles. The molecule has 0 aromatic heterocycles. The summed E-state index contributed by atoms with van der Waals surface area (Å²) in [5.74, 6) is 0.152. The molecule has 1 aliphatic carbocycles. The molecule has 4 heteroatoms. The fourth-order valence-corrected chi connectivity index (χ4v) is 4.18. The van der Waals surface area contributed by atoms with Gasteiger partial charge in [0.25, 0.3) is 0 Å². The van der Waals surface area contributed by atoms with Gasteiger partial charge in [0, 0.05) is 22.7 Å². The standard InChI is InChI=1S/C23H23ClN2O/c1-23(2)13-19-21(20(27)14-23)22(16(24)12-15-8-4-3-5-9-15)26-18-11-7-6-10-17(18)25-19/h3-12,22,25-26H,13-14H2,1-2H3. The van der Waals surface area contributed by atoms with Crippen LogP contribution in [0, 0.1) is 5.41 Å². The van der Waals surface area contributed by atoms with E-state index in [0.29, 0.717) is 11.5 Å². The fourth-order valence-electron chi connectivity index (χ4n) is 3.89. The van der Waals surface area contributed by atoms with Gasteiger partial charge in [-0.2, -0.15) is 0 Å². The van der Waals surface area contributed by atoms with E-state index in [2.05, 4.69) is 24.5 Å². The van der Waals surface area contributed by atoms with Crippen LogP contribution in [0.15, 0.2) is 70.9 Å². The Bertz CT molecular complexity index is 944. The summed E-state index contributed by atoms with van der Waals surface area (Å²) in [7, 11) is 0. The van der Waals surface area contributed by atoms with Crippen molar-refractivity contribution >= 4 is 34.8 Å². The van der Waals surface area contributed by atoms with Crippen LogP contribution in [0.1, 0.15) is 32.3 Å². The van der Waals surface area contributed by atoms with Crippen LogP contribution in [0.4, 0.5) is 11.4 Å². The molecule has 0 bridgehead atoms. The van der Waals surface area contributed by atoms with Crippen molar-refractivity contribution in [1.29, 1.82) is 0 Å². The van der Waals surface area contributed by atoms with Crippen LogP contribution in [0.25, 0.3) is 6.08 Å². The van der Waals surface area contributed by atoms with Crippen molar-refractivity contribution in [3.8, 4) is 0 Å². The summed E-state index contributed by atoms with van der Waals surface area (Å²) in [4.78, 5) is 13.1. The number of ketones is 1. The Labute approximate surface area is 165 Å². The summed E-state index contributed by atoms with van der Waals surface area (Å²) in [5, 5.41) is 7.61. The zero-order valence-electron chi connectivity index (χ0n) is 15.6. The number of carbonyl (C=O) groups excluding carboxylic acids is 1. The summed E-state index contributed by atoms with van der Waals surface area (Å²) in [6.07, 6.45) is 3.28. The summed E-state index contributed by atoms with van der Waals surface area (Å²) in [6, 6.07) is 17.6. The van der Waals surface area contributed by atoms with Gasteiger partial charge in [-0.1, -0.05) is 67.9 Å². The lowest BCUT2D eigenvalue weighted by Gasteiger charge is -2.34. The van der Waals surface area contributed by atoms with E-state index in [0.717, 1.165) is 34.6 Å². The molecule has 0 saturated heterocycles. The van der Waals surface area contributed by atoms with Crippen LogP contribution in [0.3, 0.4) is 0 Å². The quantitative estimate of drug-likeness (QED) is 0.692. The van der Waals surface area contributed by atoms with Crippen molar-refractivity contribution in [2.24, 2.45) is 5.41 Å². The summed E-state index contributed by atoms with van der Waals surface area (Å²) < 4.78 is 0. The van der Waals surface area contributed by atoms with Gasteiger partial charge >= 0.3 is 0 Å². The van der Waals surface area contributed by atoms with E-state index in [1.807, 2.05) is 60.7 Å². The zero-order valence-corrected chi connectivity index (χ0v) is 16.3.